The van der Waals surface area contributed by atoms with E-state index in [4.69, 9.17) is 4.74 Å². The lowest BCUT2D eigenvalue weighted by molar-refractivity contribution is -0.000193. The molecular weight excluding hydrogens is 476 g/mol. The van der Waals surface area contributed by atoms with Gasteiger partial charge in [0.2, 0.25) is 0 Å². The van der Waals surface area contributed by atoms with Gasteiger partial charge in [0.05, 0.1) is 18.3 Å². The number of benzene rings is 2. The number of carbonyl (C=O) groups excluding carboxylic acids is 1. The summed E-state index contributed by atoms with van der Waals surface area (Å²) in [7, 11) is 0. The van der Waals surface area contributed by atoms with E-state index >= 15 is 0 Å². The molecule has 0 bridgehead atoms. The van der Waals surface area contributed by atoms with E-state index < -0.39 is 0 Å². The molecule has 2 fully saturated rings. The summed E-state index contributed by atoms with van der Waals surface area (Å²) < 4.78 is 9.54. The monoisotopic (exact) mass is 508 g/mol. The average molecular weight is 509 g/mol. The number of rotatable bonds is 5. The molecule has 4 aromatic rings. The van der Waals surface area contributed by atoms with Crippen LogP contribution in [-0.4, -0.2) is 51.5 Å². The van der Waals surface area contributed by atoms with Gasteiger partial charge in [-0.3, -0.25) is 9.48 Å². The maximum atomic E-state index is 13.2. The van der Waals surface area contributed by atoms with E-state index in [1.165, 1.54) is 11.3 Å². The van der Waals surface area contributed by atoms with Gasteiger partial charge >= 0.3 is 0 Å². The zero-order valence-corrected chi connectivity index (χ0v) is 21.4. The van der Waals surface area contributed by atoms with E-state index in [1.807, 2.05) is 36.8 Å². The molecule has 1 spiro atoms. The van der Waals surface area contributed by atoms with Crippen molar-refractivity contribution in [3.8, 4) is 5.69 Å². The van der Waals surface area contributed by atoms with Gasteiger partial charge in [-0.05, 0) is 55.0 Å². The smallest absolute Gasteiger partial charge is 0.272 e. The van der Waals surface area contributed by atoms with E-state index in [1.54, 1.807) is 10.7 Å². The Morgan fingerprint density at radius 3 is 2.74 bits per heavy atom. The van der Waals surface area contributed by atoms with Crippen LogP contribution < -0.4 is 10.2 Å². The minimum Gasteiger partial charge on any atom is -0.381 e. The lowest BCUT2D eigenvalue weighted by Crippen LogP contribution is -2.58. The van der Waals surface area contributed by atoms with Crippen molar-refractivity contribution in [2.45, 2.75) is 38.3 Å². The number of nitrogens with one attached hydrogen (secondary N) is 1. The van der Waals surface area contributed by atoms with Gasteiger partial charge in [0.15, 0.2) is 0 Å². The molecule has 1 N–H and O–H groups in total. The molecule has 0 radical (unpaired) electrons. The van der Waals surface area contributed by atoms with Crippen molar-refractivity contribution in [1.82, 2.24) is 24.6 Å². The van der Waals surface area contributed by atoms with Crippen LogP contribution in [0.15, 0.2) is 73.2 Å². The molecule has 8 nitrogen and oxygen atoms in total. The van der Waals surface area contributed by atoms with Crippen molar-refractivity contribution in [2.75, 3.05) is 31.2 Å². The Kier molecular flexibility index (Phi) is 5.77. The Bertz CT molecular complexity index is 1440. The Balaban J connectivity index is 1.07. The second kappa shape index (κ2) is 9.44. The van der Waals surface area contributed by atoms with Crippen LogP contribution in [0, 0.1) is 5.41 Å². The molecule has 0 aliphatic carbocycles. The van der Waals surface area contributed by atoms with Crippen LogP contribution in [0.1, 0.15) is 52.7 Å². The molecule has 194 valence electrons. The van der Waals surface area contributed by atoms with Crippen molar-refractivity contribution in [1.29, 1.82) is 0 Å². The van der Waals surface area contributed by atoms with Gasteiger partial charge in [-0.15, -0.1) is 0 Å². The number of anilines is 1. The van der Waals surface area contributed by atoms with Crippen LogP contribution in [0.2, 0.25) is 0 Å². The maximum Gasteiger partial charge on any atom is 0.272 e. The molecule has 1 unspecified atom stereocenters. The molecule has 1 atom stereocenters. The number of amides is 1. The summed E-state index contributed by atoms with van der Waals surface area (Å²) in [4.78, 5) is 20.4. The van der Waals surface area contributed by atoms with Gasteiger partial charge in [-0.1, -0.05) is 36.4 Å². The molecule has 8 heteroatoms. The first kappa shape index (κ1) is 23.2. The van der Waals surface area contributed by atoms with Crippen LogP contribution in [0.5, 0.6) is 0 Å². The molecule has 2 aromatic carbocycles. The molecule has 2 saturated heterocycles. The van der Waals surface area contributed by atoms with E-state index in [0.717, 1.165) is 69.1 Å². The fraction of sp³-hybridized carbons (Fsp3) is 0.367. The quantitative estimate of drug-likeness (QED) is 0.438. The third-order valence-electron chi connectivity index (χ3n) is 8.35. The predicted octanol–water partition coefficient (Wildman–Crippen LogP) is 4.15. The Morgan fingerprint density at radius 2 is 1.89 bits per heavy atom. The molecule has 2 aromatic heterocycles. The van der Waals surface area contributed by atoms with E-state index in [0.29, 0.717) is 17.7 Å². The number of aromatic nitrogens is 4. The molecule has 7 rings (SSSR count). The normalized spacial score (nSPS) is 19.8. The minimum atomic E-state index is -0.192. The summed E-state index contributed by atoms with van der Waals surface area (Å²) in [6.07, 6.45) is 9.66. The lowest BCUT2D eigenvalue weighted by Gasteiger charge is -2.53. The number of nitrogens with zero attached hydrogens (tertiary/aromatic N) is 5. The topological polar surface area (TPSA) is 77.2 Å². The zero-order chi connectivity index (χ0) is 25.5. The van der Waals surface area contributed by atoms with Gasteiger partial charge in [0.25, 0.3) is 5.91 Å². The molecule has 5 heterocycles. The number of fused-ring (bicyclic) bond motifs is 3. The third-order valence-corrected chi connectivity index (χ3v) is 8.35. The van der Waals surface area contributed by atoms with Gasteiger partial charge in [-0.25, -0.2) is 4.98 Å². The van der Waals surface area contributed by atoms with Gasteiger partial charge in [0.1, 0.15) is 11.5 Å². The number of hydrogen-bond donors (Lipinski definition) is 1. The molecule has 0 saturated carbocycles. The lowest BCUT2D eigenvalue weighted by atomic mass is 9.73. The molecule has 38 heavy (non-hydrogen) atoms. The summed E-state index contributed by atoms with van der Waals surface area (Å²) >= 11 is 0. The Hall–Kier alpha value is -3.91. The highest BCUT2D eigenvalue weighted by molar-refractivity contribution is 5.92. The first-order valence-corrected chi connectivity index (χ1v) is 13.5. The van der Waals surface area contributed by atoms with Crippen molar-refractivity contribution >= 4 is 11.6 Å². The number of hydrogen-bond acceptors (Lipinski definition) is 5. The fourth-order valence-corrected chi connectivity index (χ4v) is 6.17. The zero-order valence-electron chi connectivity index (χ0n) is 21.4. The molecule has 3 aliphatic heterocycles. The highest BCUT2D eigenvalue weighted by atomic mass is 16.5. The second-order valence-electron chi connectivity index (χ2n) is 10.9. The van der Waals surface area contributed by atoms with Crippen LogP contribution in [-0.2, 0) is 17.7 Å². The number of carbonyl (C=O) groups is 1. The van der Waals surface area contributed by atoms with Crippen molar-refractivity contribution < 1.29 is 9.53 Å². The highest BCUT2D eigenvalue weighted by Crippen LogP contribution is 2.43. The number of imidazole rings is 1. The summed E-state index contributed by atoms with van der Waals surface area (Å²) in [6.45, 7) is 4.60. The molecule has 1 amide bonds. The summed E-state index contributed by atoms with van der Waals surface area (Å²) in [5.74, 6) is 0.688. The van der Waals surface area contributed by atoms with Gasteiger partial charge in [-0.2, -0.15) is 5.10 Å². The van der Waals surface area contributed by atoms with E-state index in [9.17, 15) is 4.79 Å². The van der Waals surface area contributed by atoms with Gasteiger partial charge in [0, 0.05) is 56.0 Å². The maximum absolute atomic E-state index is 13.2. The highest BCUT2D eigenvalue weighted by Gasteiger charge is 2.44. The van der Waals surface area contributed by atoms with Crippen molar-refractivity contribution in [2.24, 2.45) is 5.41 Å². The van der Waals surface area contributed by atoms with Crippen molar-refractivity contribution in [3.05, 3.63) is 95.8 Å². The summed E-state index contributed by atoms with van der Waals surface area (Å²) in [6, 6.07) is 18.5. The first-order chi connectivity index (χ1) is 18.7. The van der Waals surface area contributed by atoms with E-state index in [2.05, 4.69) is 55.2 Å². The Labute approximate surface area is 222 Å². The van der Waals surface area contributed by atoms with Crippen LogP contribution in [0.3, 0.4) is 0 Å². The largest absolute Gasteiger partial charge is 0.381 e. The van der Waals surface area contributed by atoms with Crippen LogP contribution >= 0.6 is 0 Å². The van der Waals surface area contributed by atoms with Crippen molar-refractivity contribution in [3.63, 3.8) is 0 Å². The van der Waals surface area contributed by atoms with Crippen LogP contribution in [0.4, 0.5) is 5.69 Å². The standard InChI is InChI=1S/C30H32N6O2/c37-29(26-10-14-35(33-26)19-22-4-2-1-3-5-22)32-25-9-7-23-6-8-24(18-27(23)36-15-13-31-28(25)36)34-20-30(21-34)11-16-38-17-12-30/h1-6,8,10,13-15,18,25H,7,9,11-12,16-17,19-21H2,(H,32,37). The Morgan fingerprint density at radius 1 is 1.05 bits per heavy atom. The average Bonchev–Trinajstić information content (AvgIpc) is 3.58. The third kappa shape index (κ3) is 4.28. The molecular formula is C30H32N6O2. The van der Waals surface area contributed by atoms with Crippen LogP contribution in [0.25, 0.3) is 5.69 Å². The fourth-order valence-electron chi connectivity index (χ4n) is 6.17. The number of aryl methyl sites for hydroxylation is 1. The SMILES string of the molecule is O=C(NC1CCc2ccc(N3CC4(CCOCC4)C3)cc2-n2ccnc21)c1ccn(Cc2ccccc2)n1. The first-order valence-electron chi connectivity index (χ1n) is 13.5. The summed E-state index contributed by atoms with van der Waals surface area (Å²) in [5.41, 5.74) is 5.68. The molecule has 3 aliphatic rings. The predicted molar refractivity (Wildman–Crippen MR) is 145 cm³/mol. The number of ether oxygens (including phenoxy) is 1. The second-order valence-corrected chi connectivity index (χ2v) is 10.9. The summed E-state index contributed by atoms with van der Waals surface area (Å²) in [5, 5.41) is 7.73. The van der Waals surface area contributed by atoms with Gasteiger partial charge < -0.3 is 19.5 Å². The minimum absolute atomic E-state index is 0.176. The van der Waals surface area contributed by atoms with E-state index in [-0.39, 0.29) is 11.9 Å².